The Balaban J connectivity index is 2.92. The van der Waals surface area contributed by atoms with E-state index in [2.05, 4.69) is 16.6 Å². The van der Waals surface area contributed by atoms with Gasteiger partial charge in [-0.2, -0.15) is 0 Å². The number of phenolic OH excluding ortho intramolecular Hbond substituents is 1. The highest BCUT2D eigenvalue weighted by atomic mass is 16.5. The molecule has 17 heavy (non-hydrogen) atoms. The second kappa shape index (κ2) is 5.55. The van der Waals surface area contributed by atoms with Crippen molar-refractivity contribution in [1.82, 2.24) is 0 Å². The molecule has 0 fully saturated rings. The molecular weight excluding hydrogens is 226 g/mol. The maximum Gasteiger partial charge on any atom is 0.412 e. The Morgan fingerprint density at radius 1 is 1.47 bits per heavy atom. The van der Waals surface area contributed by atoms with E-state index in [0.717, 1.165) is 0 Å². The molecule has 0 unspecified atom stereocenters. The van der Waals surface area contributed by atoms with Crippen LogP contribution >= 0.6 is 0 Å². The number of amides is 1. The van der Waals surface area contributed by atoms with Gasteiger partial charge in [-0.05, 0) is 12.1 Å². The van der Waals surface area contributed by atoms with Gasteiger partial charge in [-0.1, -0.05) is 18.7 Å². The van der Waals surface area contributed by atoms with Gasteiger partial charge in [0.25, 0.3) is 0 Å². The molecule has 0 aliphatic rings. The number of aromatic hydroxyl groups is 1. The van der Waals surface area contributed by atoms with Crippen LogP contribution in [-0.2, 0) is 4.74 Å². The van der Waals surface area contributed by atoms with Crippen molar-refractivity contribution in [3.8, 4) is 5.75 Å². The third-order valence-corrected chi connectivity index (χ3v) is 1.83. The first kappa shape index (κ1) is 12.6. The summed E-state index contributed by atoms with van der Waals surface area (Å²) in [5.74, 6) is -1.61. The zero-order valence-corrected chi connectivity index (χ0v) is 8.84. The van der Waals surface area contributed by atoms with Crippen molar-refractivity contribution in [3.05, 3.63) is 36.4 Å². The molecule has 1 aromatic carbocycles. The van der Waals surface area contributed by atoms with E-state index in [1.807, 2.05) is 0 Å². The van der Waals surface area contributed by atoms with Crippen molar-refractivity contribution in [1.29, 1.82) is 0 Å². The zero-order valence-electron chi connectivity index (χ0n) is 8.84. The molecule has 0 bridgehead atoms. The standard InChI is InChI=1S/C11H11NO5/c1-2-6-17-11(16)12-9-7(10(14)15)4-3-5-8(9)13/h2-5,13H,1,6H2,(H,12,16)(H,14,15). The SMILES string of the molecule is C=CCOC(=O)Nc1c(O)cccc1C(=O)O. The van der Waals surface area contributed by atoms with Gasteiger partial charge in [0, 0.05) is 0 Å². The summed E-state index contributed by atoms with van der Waals surface area (Å²) in [6, 6.07) is 3.87. The monoisotopic (exact) mass is 237 g/mol. The lowest BCUT2D eigenvalue weighted by molar-refractivity contribution is 0.0697. The van der Waals surface area contributed by atoms with Crippen LogP contribution < -0.4 is 5.32 Å². The Hall–Kier alpha value is -2.50. The summed E-state index contributed by atoms with van der Waals surface area (Å²) in [5, 5.41) is 20.5. The number of carbonyl (C=O) groups is 2. The molecule has 0 radical (unpaired) electrons. The number of rotatable bonds is 4. The van der Waals surface area contributed by atoms with Crippen LogP contribution in [0, 0.1) is 0 Å². The fraction of sp³-hybridized carbons (Fsp3) is 0.0909. The number of carboxylic acid groups (broad SMARTS) is 1. The summed E-state index contributed by atoms with van der Waals surface area (Å²) < 4.78 is 4.61. The largest absolute Gasteiger partial charge is 0.506 e. The van der Waals surface area contributed by atoms with Crippen LogP contribution in [0.2, 0.25) is 0 Å². The summed E-state index contributed by atoms with van der Waals surface area (Å²) in [5.41, 5.74) is -0.422. The number of para-hydroxylation sites is 1. The lowest BCUT2D eigenvalue weighted by Gasteiger charge is -2.09. The summed E-state index contributed by atoms with van der Waals surface area (Å²) in [6.45, 7) is 3.34. The molecule has 6 nitrogen and oxygen atoms in total. The molecule has 0 saturated carbocycles. The van der Waals surface area contributed by atoms with E-state index in [9.17, 15) is 14.7 Å². The topological polar surface area (TPSA) is 95.9 Å². The minimum atomic E-state index is -1.26. The number of hydrogen-bond donors (Lipinski definition) is 3. The van der Waals surface area contributed by atoms with Crippen molar-refractivity contribution < 1.29 is 24.5 Å². The van der Waals surface area contributed by atoms with E-state index >= 15 is 0 Å². The Labute approximate surface area is 97.1 Å². The first-order valence-electron chi connectivity index (χ1n) is 4.66. The van der Waals surface area contributed by atoms with E-state index in [1.54, 1.807) is 0 Å². The summed E-state index contributed by atoms with van der Waals surface area (Å²) in [4.78, 5) is 22.1. The second-order valence-electron chi connectivity index (χ2n) is 3.02. The van der Waals surface area contributed by atoms with Gasteiger partial charge in [0.15, 0.2) is 0 Å². The highest BCUT2D eigenvalue weighted by Gasteiger charge is 2.16. The number of carboxylic acids is 1. The van der Waals surface area contributed by atoms with E-state index in [0.29, 0.717) is 0 Å². The molecule has 1 aromatic rings. The quantitative estimate of drug-likeness (QED) is 0.548. The average Bonchev–Trinajstić information content (AvgIpc) is 2.28. The molecule has 6 heteroatoms. The van der Waals surface area contributed by atoms with Gasteiger partial charge in [0.2, 0.25) is 0 Å². The van der Waals surface area contributed by atoms with E-state index < -0.39 is 12.1 Å². The smallest absolute Gasteiger partial charge is 0.412 e. The van der Waals surface area contributed by atoms with Gasteiger partial charge in [0.05, 0.1) is 5.56 Å². The molecule has 0 spiro atoms. The van der Waals surface area contributed by atoms with Crippen molar-refractivity contribution in [2.75, 3.05) is 11.9 Å². The molecule has 0 heterocycles. The van der Waals surface area contributed by atoms with Crippen LogP contribution in [0.25, 0.3) is 0 Å². The van der Waals surface area contributed by atoms with E-state index in [-0.39, 0.29) is 23.6 Å². The Morgan fingerprint density at radius 3 is 2.76 bits per heavy atom. The minimum absolute atomic E-state index is 0.0121. The lowest BCUT2D eigenvalue weighted by Crippen LogP contribution is -2.16. The maximum atomic E-state index is 11.2. The van der Waals surface area contributed by atoms with Crippen molar-refractivity contribution in [2.24, 2.45) is 0 Å². The summed E-state index contributed by atoms with van der Waals surface area (Å²) >= 11 is 0. The molecule has 90 valence electrons. The fourth-order valence-corrected chi connectivity index (χ4v) is 1.12. The van der Waals surface area contributed by atoms with Crippen molar-refractivity contribution in [3.63, 3.8) is 0 Å². The Kier molecular flexibility index (Phi) is 4.10. The number of anilines is 1. The number of aromatic carboxylic acids is 1. The zero-order chi connectivity index (χ0) is 12.8. The van der Waals surface area contributed by atoms with E-state index in [4.69, 9.17) is 5.11 Å². The number of nitrogens with one attached hydrogen (secondary N) is 1. The van der Waals surface area contributed by atoms with Crippen LogP contribution in [0.3, 0.4) is 0 Å². The summed E-state index contributed by atoms with van der Waals surface area (Å²) in [6.07, 6.45) is 0.497. The lowest BCUT2D eigenvalue weighted by atomic mass is 10.1. The fourth-order valence-electron chi connectivity index (χ4n) is 1.12. The molecule has 0 aliphatic carbocycles. The molecule has 0 aliphatic heterocycles. The first-order valence-corrected chi connectivity index (χ1v) is 4.66. The third-order valence-electron chi connectivity index (χ3n) is 1.83. The van der Waals surface area contributed by atoms with Gasteiger partial charge in [-0.15, -0.1) is 0 Å². The van der Waals surface area contributed by atoms with Gasteiger partial charge in [-0.3, -0.25) is 5.32 Å². The minimum Gasteiger partial charge on any atom is -0.506 e. The van der Waals surface area contributed by atoms with Crippen LogP contribution in [0.1, 0.15) is 10.4 Å². The number of ether oxygens (including phenoxy) is 1. The highest BCUT2D eigenvalue weighted by molar-refractivity contribution is 6.00. The molecule has 1 amide bonds. The number of phenols is 1. The highest BCUT2D eigenvalue weighted by Crippen LogP contribution is 2.27. The van der Waals surface area contributed by atoms with Crippen LogP contribution in [0.4, 0.5) is 10.5 Å². The average molecular weight is 237 g/mol. The van der Waals surface area contributed by atoms with Crippen LogP contribution in [0.15, 0.2) is 30.9 Å². The molecule has 1 rings (SSSR count). The van der Waals surface area contributed by atoms with E-state index in [1.165, 1.54) is 24.3 Å². The van der Waals surface area contributed by atoms with Gasteiger partial charge in [-0.25, -0.2) is 9.59 Å². The van der Waals surface area contributed by atoms with Gasteiger partial charge in [0.1, 0.15) is 18.0 Å². The molecule has 0 aromatic heterocycles. The Bertz CT molecular complexity index is 455. The number of carbonyl (C=O) groups excluding carboxylic acids is 1. The predicted octanol–water partition coefficient (Wildman–Crippen LogP) is 1.82. The molecule has 0 saturated heterocycles. The third kappa shape index (κ3) is 3.23. The van der Waals surface area contributed by atoms with Crippen LogP contribution in [0.5, 0.6) is 5.75 Å². The van der Waals surface area contributed by atoms with Crippen molar-refractivity contribution in [2.45, 2.75) is 0 Å². The molecular formula is C11H11NO5. The van der Waals surface area contributed by atoms with Crippen LogP contribution in [-0.4, -0.2) is 28.9 Å². The second-order valence-corrected chi connectivity index (χ2v) is 3.02. The maximum absolute atomic E-state index is 11.2. The predicted molar refractivity (Wildman–Crippen MR) is 60.2 cm³/mol. The number of benzene rings is 1. The number of hydrogen-bond acceptors (Lipinski definition) is 4. The van der Waals surface area contributed by atoms with Gasteiger partial charge >= 0.3 is 12.1 Å². The normalized spacial score (nSPS) is 9.41. The molecule has 0 atom stereocenters. The molecule has 3 N–H and O–H groups in total. The Morgan fingerprint density at radius 2 is 2.18 bits per heavy atom. The summed E-state index contributed by atoms with van der Waals surface area (Å²) in [7, 11) is 0. The van der Waals surface area contributed by atoms with Gasteiger partial charge < -0.3 is 14.9 Å². The van der Waals surface area contributed by atoms with Crippen molar-refractivity contribution >= 4 is 17.7 Å². The first-order chi connectivity index (χ1) is 8.06.